The number of hydrogen-bond donors (Lipinski definition) is 0. The van der Waals surface area contributed by atoms with Crippen molar-refractivity contribution in [1.29, 1.82) is 0 Å². The van der Waals surface area contributed by atoms with E-state index in [2.05, 4.69) is 68.4 Å². The highest BCUT2D eigenvalue weighted by atomic mass is 16.5. The maximum absolute atomic E-state index is 6.04. The fourth-order valence-corrected chi connectivity index (χ4v) is 2.52. The van der Waals surface area contributed by atoms with Crippen LogP contribution < -0.4 is 4.74 Å². The predicted octanol–water partition coefficient (Wildman–Crippen LogP) is 5.54. The molecule has 0 unspecified atom stereocenters. The molecule has 0 radical (unpaired) electrons. The van der Waals surface area contributed by atoms with E-state index in [0.29, 0.717) is 12.5 Å². The molecule has 0 aliphatic rings. The smallest absolute Gasteiger partial charge is 0.127 e. The van der Waals surface area contributed by atoms with Gasteiger partial charge < -0.3 is 4.74 Å². The van der Waals surface area contributed by atoms with Crippen LogP contribution in [-0.4, -0.2) is 0 Å². The summed E-state index contributed by atoms with van der Waals surface area (Å²) in [5, 5.41) is 2.38. The van der Waals surface area contributed by atoms with Crippen molar-refractivity contribution >= 4 is 10.8 Å². The number of benzene rings is 3. The summed E-state index contributed by atoms with van der Waals surface area (Å²) in [6.07, 6.45) is 0. The van der Waals surface area contributed by atoms with Gasteiger partial charge in [0.25, 0.3) is 0 Å². The second kappa shape index (κ2) is 6.01. The van der Waals surface area contributed by atoms with Crippen molar-refractivity contribution in [2.75, 3.05) is 0 Å². The second-order valence-electron chi connectivity index (χ2n) is 5.67. The molecule has 106 valence electrons. The van der Waals surface area contributed by atoms with Crippen molar-refractivity contribution in [2.24, 2.45) is 0 Å². The van der Waals surface area contributed by atoms with Crippen LogP contribution in [0.3, 0.4) is 0 Å². The summed E-state index contributed by atoms with van der Waals surface area (Å²) in [4.78, 5) is 0. The van der Waals surface area contributed by atoms with Gasteiger partial charge in [-0.2, -0.15) is 0 Å². The van der Waals surface area contributed by atoms with Crippen molar-refractivity contribution in [3.63, 3.8) is 0 Å². The molecule has 0 atom stereocenters. The first kappa shape index (κ1) is 13.7. The molecule has 0 aliphatic heterocycles. The topological polar surface area (TPSA) is 9.23 Å². The third kappa shape index (κ3) is 3.08. The Bertz CT molecular complexity index is 738. The van der Waals surface area contributed by atoms with E-state index in [1.165, 1.54) is 21.9 Å². The lowest BCUT2D eigenvalue weighted by Gasteiger charge is -2.11. The summed E-state index contributed by atoms with van der Waals surface area (Å²) in [6, 6.07) is 23.2. The Morgan fingerprint density at radius 1 is 0.857 bits per heavy atom. The first-order valence-corrected chi connectivity index (χ1v) is 7.43. The van der Waals surface area contributed by atoms with Crippen molar-refractivity contribution in [2.45, 2.75) is 26.4 Å². The molecule has 0 saturated heterocycles. The highest BCUT2D eigenvalue weighted by Gasteiger charge is 2.03. The second-order valence-corrected chi connectivity index (χ2v) is 5.67. The number of rotatable bonds is 4. The fraction of sp³-hybridized carbons (Fsp3) is 0.200. The monoisotopic (exact) mass is 276 g/mol. The highest BCUT2D eigenvalue weighted by Crippen LogP contribution is 2.26. The van der Waals surface area contributed by atoms with E-state index >= 15 is 0 Å². The van der Waals surface area contributed by atoms with Gasteiger partial charge in [-0.05, 0) is 28.5 Å². The van der Waals surface area contributed by atoms with Gasteiger partial charge in [0.15, 0.2) is 0 Å². The van der Waals surface area contributed by atoms with Crippen LogP contribution in [0.25, 0.3) is 10.8 Å². The molecule has 0 fully saturated rings. The standard InChI is InChI=1S/C20H20O/c1-15(2)18-10-5-7-16(13-18)14-21-20-12-6-9-17-8-3-4-11-19(17)20/h3-13,15H,14H2,1-2H3. The molecular formula is C20H20O. The summed E-state index contributed by atoms with van der Waals surface area (Å²) in [6.45, 7) is 5.03. The molecule has 3 rings (SSSR count). The maximum atomic E-state index is 6.04. The van der Waals surface area contributed by atoms with Gasteiger partial charge in [-0.25, -0.2) is 0 Å². The van der Waals surface area contributed by atoms with Crippen molar-refractivity contribution < 1.29 is 4.74 Å². The van der Waals surface area contributed by atoms with Crippen LogP contribution in [0, 0.1) is 0 Å². The number of fused-ring (bicyclic) bond motifs is 1. The third-order valence-corrected chi connectivity index (χ3v) is 3.76. The zero-order chi connectivity index (χ0) is 14.7. The molecule has 3 aromatic carbocycles. The Labute approximate surface area is 126 Å². The van der Waals surface area contributed by atoms with Crippen LogP contribution in [0.1, 0.15) is 30.9 Å². The lowest BCUT2D eigenvalue weighted by atomic mass is 10.0. The number of hydrogen-bond acceptors (Lipinski definition) is 1. The molecule has 0 amide bonds. The largest absolute Gasteiger partial charge is 0.488 e. The predicted molar refractivity (Wildman–Crippen MR) is 88.8 cm³/mol. The first-order valence-electron chi connectivity index (χ1n) is 7.43. The van der Waals surface area contributed by atoms with Crippen LogP contribution in [0.2, 0.25) is 0 Å². The normalized spacial score (nSPS) is 11.0. The molecule has 1 heteroatoms. The molecule has 0 aliphatic carbocycles. The molecule has 3 aromatic rings. The van der Waals surface area contributed by atoms with Crippen LogP contribution in [0.15, 0.2) is 66.7 Å². The molecule has 0 bridgehead atoms. The van der Waals surface area contributed by atoms with Gasteiger partial charge in [0.05, 0.1) is 0 Å². The summed E-state index contributed by atoms with van der Waals surface area (Å²) in [5.41, 5.74) is 2.57. The van der Waals surface area contributed by atoms with Gasteiger partial charge in [0.2, 0.25) is 0 Å². The van der Waals surface area contributed by atoms with Crippen molar-refractivity contribution in [3.8, 4) is 5.75 Å². The van der Waals surface area contributed by atoms with Gasteiger partial charge in [0.1, 0.15) is 12.4 Å². The van der Waals surface area contributed by atoms with E-state index in [-0.39, 0.29) is 0 Å². The molecular weight excluding hydrogens is 256 g/mol. The molecule has 0 N–H and O–H groups in total. The lowest BCUT2D eigenvalue weighted by Crippen LogP contribution is -1.97. The van der Waals surface area contributed by atoms with Gasteiger partial charge in [-0.3, -0.25) is 0 Å². The van der Waals surface area contributed by atoms with Gasteiger partial charge in [0, 0.05) is 5.39 Å². The highest BCUT2D eigenvalue weighted by molar-refractivity contribution is 5.88. The van der Waals surface area contributed by atoms with Gasteiger partial charge in [-0.15, -0.1) is 0 Å². The fourth-order valence-electron chi connectivity index (χ4n) is 2.52. The van der Waals surface area contributed by atoms with E-state index in [0.717, 1.165) is 5.75 Å². The van der Waals surface area contributed by atoms with Gasteiger partial charge >= 0.3 is 0 Å². The van der Waals surface area contributed by atoms with Crippen LogP contribution in [0.4, 0.5) is 0 Å². The Morgan fingerprint density at radius 3 is 2.48 bits per heavy atom. The van der Waals surface area contributed by atoms with E-state index in [4.69, 9.17) is 4.74 Å². The summed E-state index contributed by atoms with van der Waals surface area (Å²) in [7, 11) is 0. The van der Waals surface area contributed by atoms with Gasteiger partial charge in [-0.1, -0.05) is 74.5 Å². The van der Waals surface area contributed by atoms with E-state index < -0.39 is 0 Å². The molecule has 0 heterocycles. The SMILES string of the molecule is CC(C)c1cccc(COc2cccc3ccccc23)c1. The van der Waals surface area contributed by atoms with Crippen LogP contribution in [0.5, 0.6) is 5.75 Å². The summed E-state index contributed by atoms with van der Waals surface area (Å²) in [5.74, 6) is 1.49. The first-order chi connectivity index (χ1) is 10.2. The average Bonchev–Trinajstić information content (AvgIpc) is 2.53. The Hall–Kier alpha value is -2.28. The van der Waals surface area contributed by atoms with E-state index in [1.807, 2.05) is 12.1 Å². The minimum absolute atomic E-state index is 0.544. The van der Waals surface area contributed by atoms with Crippen LogP contribution in [-0.2, 0) is 6.61 Å². The lowest BCUT2D eigenvalue weighted by molar-refractivity contribution is 0.310. The molecule has 21 heavy (non-hydrogen) atoms. The Balaban J connectivity index is 1.82. The maximum Gasteiger partial charge on any atom is 0.127 e. The Kier molecular flexibility index (Phi) is 3.92. The molecule has 1 nitrogen and oxygen atoms in total. The van der Waals surface area contributed by atoms with Crippen LogP contribution >= 0.6 is 0 Å². The number of ether oxygens (including phenoxy) is 1. The zero-order valence-corrected chi connectivity index (χ0v) is 12.5. The minimum Gasteiger partial charge on any atom is -0.488 e. The summed E-state index contributed by atoms with van der Waals surface area (Å²) < 4.78 is 6.04. The van der Waals surface area contributed by atoms with E-state index in [9.17, 15) is 0 Å². The van der Waals surface area contributed by atoms with E-state index in [1.54, 1.807) is 0 Å². The Morgan fingerprint density at radius 2 is 1.62 bits per heavy atom. The zero-order valence-electron chi connectivity index (χ0n) is 12.5. The minimum atomic E-state index is 0.544. The quantitative estimate of drug-likeness (QED) is 0.607. The summed E-state index contributed by atoms with van der Waals surface area (Å²) >= 11 is 0. The molecule has 0 aromatic heterocycles. The van der Waals surface area contributed by atoms with Crippen molar-refractivity contribution in [1.82, 2.24) is 0 Å². The molecule has 0 saturated carbocycles. The third-order valence-electron chi connectivity index (χ3n) is 3.76. The average molecular weight is 276 g/mol. The van der Waals surface area contributed by atoms with Crippen molar-refractivity contribution in [3.05, 3.63) is 77.9 Å². The molecule has 0 spiro atoms.